The highest BCUT2D eigenvalue weighted by Crippen LogP contribution is 2.34. The molecule has 0 spiro atoms. The average Bonchev–Trinajstić information content (AvgIpc) is 2.63. The SMILES string of the molecule is COc1cc(F)cc(F)c1-c1[nH]ncc1N. The lowest BCUT2D eigenvalue weighted by atomic mass is 10.1. The molecule has 0 fully saturated rings. The van der Waals surface area contributed by atoms with E-state index in [0.29, 0.717) is 0 Å². The van der Waals surface area contributed by atoms with E-state index >= 15 is 0 Å². The van der Waals surface area contributed by atoms with Gasteiger partial charge < -0.3 is 10.5 Å². The van der Waals surface area contributed by atoms with Gasteiger partial charge in [-0.2, -0.15) is 5.10 Å². The van der Waals surface area contributed by atoms with E-state index in [1.165, 1.54) is 13.3 Å². The van der Waals surface area contributed by atoms with Gasteiger partial charge in [-0.05, 0) is 0 Å². The Morgan fingerprint density at radius 1 is 1.38 bits per heavy atom. The van der Waals surface area contributed by atoms with Crippen LogP contribution in [0.3, 0.4) is 0 Å². The maximum absolute atomic E-state index is 13.6. The van der Waals surface area contributed by atoms with E-state index in [2.05, 4.69) is 10.2 Å². The van der Waals surface area contributed by atoms with E-state index in [4.69, 9.17) is 10.5 Å². The van der Waals surface area contributed by atoms with Gasteiger partial charge in [-0.25, -0.2) is 8.78 Å². The minimum Gasteiger partial charge on any atom is -0.496 e. The largest absolute Gasteiger partial charge is 0.496 e. The van der Waals surface area contributed by atoms with Crippen LogP contribution in [0, 0.1) is 11.6 Å². The molecule has 6 heteroatoms. The molecule has 1 heterocycles. The summed E-state index contributed by atoms with van der Waals surface area (Å²) >= 11 is 0. The fraction of sp³-hybridized carbons (Fsp3) is 0.100. The summed E-state index contributed by atoms with van der Waals surface area (Å²) in [6.45, 7) is 0. The van der Waals surface area contributed by atoms with Crippen LogP contribution in [0.2, 0.25) is 0 Å². The number of nitrogen functional groups attached to an aromatic ring is 1. The molecule has 0 bridgehead atoms. The van der Waals surface area contributed by atoms with E-state index in [-0.39, 0.29) is 22.7 Å². The number of nitrogens with one attached hydrogen (secondary N) is 1. The van der Waals surface area contributed by atoms with Crippen LogP contribution in [0.4, 0.5) is 14.5 Å². The van der Waals surface area contributed by atoms with Crippen LogP contribution in [0.25, 0.3) is 11.3 Å². The van der Waals surface area contributed by atoms with Crippen molar-refractivity contribution in [2.24, 2.45) is 0 Å². The van der Waals surface area contributed by atoms with Crippen LogP contribution in [0.5, 0.6) is 5.75 Å². The van der Waals surface area contributed by atoms with Crippen molar-refractivity contribution < 1.29 is 13.5 Å². The number of halogens is 2. The van der Waals surface area contributed by atoms with E-state index in [1.54, 1.807) is 0 Å². The first-order valence-electron chi connectivity index (χ1n) is 4.45. The number of ether oxygens (including phenoxy) is 1. The molecule has 1 aromatic heterocycles. The van der Waals surface area contributed by atoms with Gasteiger partial charge in [0, 0.05) is 12.1 Å². The van der Waals surface area contributed by atoms with Crippen molar-refractivity contribution in [3.8, 4) is 17.0 Å². The van der Waals surface area contributed by atoms with Crippen LogP contribution in [-0.2, 0) is 0 Å². The fourth-order valence-corrected chi connectivity index (χ4v) is 1.45. The zero-order valence-electron chi connectivity index (χ0n) is 8.42. The van der Waals surface area contributed by atoms with Gasteiger partial charge in [0.15, 0.2) is 0 Å². The predicted octanol–water partition coefficient (Wildman–Crippen LogP) is 1.95. The van der Waals surface area contributed by atoms with Crippen molar-refractivity contribution in [1.29, 1.82) is 0 Å². The van der Waals surface area contributed by atoms with Crippen molar-refractivity contribution in [1.82, 2.24) is 10.2 Å². The number of methoxy groups -OCH3 is 1. The molecule has 84 valence electrons. The van der Waals surface area contributed by atoms with E-state index in [0.717, 1.165) is 12.1 Å². The van der Waals surface area contributed by atoms with Crippen molar-refractivity contribution in [3.05, 3.63) is 30.0 Å². The molecule has 0 saturated carbocycles. The molecule has 0 unspecified atom stereocenters. The number of benzene rings is 1. The molecule has 0 aliphatic heterocycles. The molecule has 0 saturated heterocycles. The highest BCUT2D eigenvalue weighted by Gasteiger charge is 2.17. The van der Waals surface area contributed by atoms with Gasteiger partial charge in [0.05, 0.1) is 30.3 Å². The summed E-state index contributed by atoms with van der Waals surface area (Å²) < 4.78 is 31.5. The Morgan fingerprint density at radius 3 is 2.69 bits per heavy atom. The van der Waals surface area contributed by atoms with Gasteiger partial charge in [-0.3, -0.25) is 5.10 Å². The summed E-state index contributed by atoms with van der Waals surface area (Å²) in [5, 5.41) is 6.21. The van der Waals surface area contributed by atoms with E-state index in [9.17, 15) is 8.78 Å². The lowest BCUT2D eigenvalue weighted by molar-refractivity contribution is 0.409. The van der Waals surface area contributed by atoms with Crippen LogP contribution in [-0.4, -0.2) is 17.3 Å². The number of H-pyrrole nitrogens is 1. The lowest BCUT2D eigenvalue weighted by Gasteiger charge is -2.08. The first kappa shape index (κ1) is 10.4. The number of hydrogen-bond acceptors (Lipinski definition) is 3. The highest BCUT2D eigenvalue weighted by atomic mass is 19.1. The fourth-order valence-electron chi connectivity index (χ4n) is 1.45. The zero-order valence-corrected chi connectivity index (χ0v) is 8.42. The number of anilines is 1. The normalized spacial score (nSPS) is 10.4. The van der Waals surface area contributed by atoms with Crippen LogP contribution in [0.1, 0.15) is 0 Å². The molecule has 2 rings (SSSR count). The Bertz CT molecular complexity index is 525. The van der Waals surface area contributed by atoms with Gasteiger partial charge in [0.2, 0.25) is 0 Å². The Kier molecular flexibility index (Phi) is 2.47. The number of nitrogens with two attached hydrogens (primary N) is 1. The first-order chi connectivity index (χ1) is 7.63. The van der Waals surface area contributed by atoms with Crippen molar-refractivity contribution in [3.63, 3.8) is 0 Å². The third kappa shape index (κ3) is 1.58. The van der Waals surface area contributed by atoms with Crippen molar-refractivity contribution >= 4 is 5.69 Å². The number of aromatic nitrogens is 2. The van der Waals surface area contributed by atoms with E-state index in [1.807, 2.05) is 0 Å². The van der Waals surface area contributed by atoms with Crippen LogP contribution in [0.15, 0.2) is 18.3 Å². The van der Waals surface area contributed by atoms with Crippen LogP contribution >= 0.6 is 0 Å². The number of rotatable bonds is 2. The van der Waals surface area contributed by atoms with Gasteiger partial charge in [0.25, 0.3) is 0 Å². The monoisotopic (exact) mass is 225 g/mol. The molecule has 1 aromatic carbocycles. The number of aromatic amines is 1. The lowest BCUT2D eigenvalue weighted by Crippen LogP contribution is -1.96. The van der Waals surface area contributed by atoms with Gasteiger partial charge >= 0.3 is 0 Å². The molecule has 0 amide bonds. The minimum absolute atomic E-state index is 0.0634. The van der Waals surface area contributed by atoms with Crippen molar-refractivity contribution in [2.75, 3.05) is 12.8 Å². The molecule has 3 N–H and O–H groups in total. The highest BCUT2D eigenvalue weighted by molar-refractivity contribution is 5.77. The summed E-state index contributed by atoms with van der Waals surface area (Å²) in [5.74, 6) is -1.41. The quantitative estimate of drug-likeness (QED) is 0.820. The topological polar surface area (TPSA) is 63.9 Å². The molecule has 0 radical (unpaired) electrons. The molecule has 16 heavy (non-hydrogen) atoms. The summed E-state index contributed by atoms with van der Waals surface area (Å²) in [7, 11) is 1.32. The molecule has 4 nitrogen and oxygen atoms in total. The van der Waals surface area contributed by atoms with Crippen LogP contribution < -0.4 is 10.5 Å². The second-order valence-electron chi connectivity index (χ2n) is 3.17. The molecule has 0 aliphatic carbocycles. The smallest absolute Gasteiger partial charge is 0.139 e. The maximum atomic E-state index is 13.6. The third-order valence-corrected chi connectivity index (χ3v) is 2.16. The Balaban J connectivity index is 2.69. The molecule has 0 aliphatic rings. The van der Waals surface area contributed by atoms with Gasteiger partial charge in [-0.15, -0.1) is 0 Å². The van der Waals surface area contributed by atoms with E-state index < -0.39 is 11.6 Å². The number of nitrogens with zero attached hydrogens (tertiary/aromatic N) is 1. The molecular weight excluding hydrogens is 216 g/mol. The molecule has 2 aromatic rings. The predicted molar refractivity (Wildman–Crippen MR) is 54.9 cm³/mol. The third-order valence-electron chi connectivity index (χ3n) is 2.16. The standard InChI is InChI=1S/C10H9F2N3O/c1-16-8-3-5(11)2-6(12)9(8)10-7(13)4-14-15-10/h2-4H,13H2,1H3,(H,14,15). The Hall–Kier alpha value is -2.11. The van der Waals surface area contributed by atoms with Gasteiger partial charge in [0.1, 0.15) is 17.4 Å². The number of hydrogen-bond donors (Lipinski definition) is 2. The zero-order chi connectivity index (χ0) is 11.7. The summed E-state index contributed by atoms with van der Waals surface area (Å²) in [6.07, 6.45) is 1.34. The van der Waals surface area contributed by atoms with Crippen molar-refractivity contribution in [2.45, 2.75) is 0 Å². The summed E-state index contributed by atoms with van der Waals surface area (Å²) in [4.78, 5) is 0. The summed E-state index contributed by atoms with van der Waals surface area (Å²) in [5.41, 5.74) is 6.20. The molecular formula is C10H9F2N3O. The second-order valence-corrected chi connectivity index (χ2v) is 3.17. The maximum Gasteiger partial charge on any atom is 0.139 e. The second kappa shape index (κ2) is 3.80. The molecule has 0 atom stereocenters. The Morgan fingerprint density at radius 2 is 2.12 bits per heavy atom. The average molecular weight is 225 g/mol. The summed E-state index contributed by atoms with van der Waals surface area (Å²) in [6, 6.07) is 1.84. The minimum atomic E-state index is -0.757. The first-order valence-corrected chi connectivity index (χ1v) is 4.45. The Labute approximate surface area is 90.0 Å². The van der Waals surface area contributed by atoms with Gasteiger partial charge in [-0.1, -0.05) is 0 Å².